The Morgan fingerprint density at radius 1 is 1.17 bits per heavy atom. The number of carbonyl (C=O) groups excluding carboxylic acids is 1. The van der Waals surface area contributed by atoms with Gasteiger partial charge in [0.2, 0.25) is 5.91 Å². The Hall–Kier alpha value is -2.95. The van der Waals surface area contributed by atoms with E-state index in [2.05, 4.69) is 10.3 Å². The van der Waals surface area contributed by atoms with Gasteiger partial charge in [0.05, 0.1) is 11.2 Å². The van der Waals surface area contributed by atoms with Crippen LogP contribution in [0.15, 0.2) is 48.7 Å². The second-order valence-corrected chi connectivity index (χ2v) is 5.66. The number of anilines is 1. The number of nitrogens with one attached hydrogen (secondary N) is 2. The first kappa shape index (κ1) is 15.0. The number of aromatic nitrogens is 1. The molecule has 3 aromatic rings. The zero-order valence-electron chi connectivity index (χ0n) is 12.7. The molecule has 0 aliphatic heterocycles. The molecule has 4 N–H and O–H groups in total. The van der Waals surface area contributed by atoms with E-state index in [1.165, 1.54) is 12.1 Å². The minimum Gasteiger partial charge on any atom is -0.504 e. The van der Waals surface area contributed by atoms with Crippen molar-refractivity contribution >= 4 is 22.5 Å². The van der Waals surface area contributed by atoms with Crippen LogP contribution in [-0.2, 0) is 11.2 Å². The van der Waals surface area contributed by atoms with Gasteiger partial charge in [0.25, 0.3) is 0 Å². The summed E-state index contributed by atoms with van der Waals surface area (Å²) in [7, 11) is 0. The Morgan fingerprint density at radius 3 is 2.78 bits per heavy atom. The highest BCUT2D eigenvalue weighted by Gasteiger charge is 2.16. The summed E-state index contributed by atoms with van der Waals surface area (Å²) >= 11 is 0. The number of fused-ring (bicyclic) bond motifs is 1. The maximum Gasteiger partial charge on any atom is 0.227 e. The maximum atomic E-state index is 12.4. The van der Waals surface area contributed by atoms with Crippen LogP contribution in [0.1, 0.15) is 12.5 Å². The molecule has 5 heteroatoms. The molecule has 118 valence electrons. The van der Waals surface area contributed by atoms with Crippen molar-refractivity contribution in [3.8, 4) is 11.5 Å². The SMILES string of the molecule is CC(Cc1ccc(O)c(O)c1)C(=O)Nc1cccc2cc[nH]c12. The van der Waals surface area contributed by atoms with E-state index in [0.29, 0.717) is 6.42 Å². The lowest BCUT2D eigenvalue weighted by Gasteiger charge is -2.13. The van der Waals surface area contributed by atoms with Gasteiger partial charge in [0, 0.05) is 17.5 Å². The lowest BCUT2D eigenvalue weighted by atomic mass is 10.00. The molecule has 1 amide bonds. The fraction of sp³-hybridized carbons (Fsp3) is 0.167. The minimum atomic E-state index is -0.274. The molecule has 0 aliphatic carbocycles. The number of amides is 1. The molecule has 0 radical (unpaired) electrons. The molecule has 3 rings (SSSR count). The van der Waals surface area contributed by atoms with Crippen LogP contribution in [0.4, 0.5) is 5.69 Å². The Morgan fingerprint density at radius 2 is 2.00 bits per heavy atom. The summed E-state index contributed by atoms with van der Waals surface area (Å²) in [6.07, 6.45) is 2.31. The summed E-state index contributed by atoms with van der Waals surface area (Å²) < 4.78 is 0. The molecule has 1 unspecified atom stereocenters. The normalized spacial score (nSPS) is 12.2. The van der Waals surface area contributed by atoms with E-state index in [-0.39, 0.29) is 23.3 Å². The molecule has 2 aromatic carbocycles. The monoisotopic (exact) mass is 310 g/mol. The lowest BCUT2D eigenvalue weighted by Crippen LogP contribution is -2.22. The zero-order chi connectivity index (χ0) is 16.4. The van der Waals surface area contributed by atoms with Crippen LogP contribution in [0.5, 0.6) is 11.5 Å². The fourth-order valence-corrected chi connectivity index (χ4v) is 2.59. The van der Waals surface area contributed by atoms with Crippen LogP contribution in [0.2, 0.25) is 0 Å². The summed E-state index contributed by atoms with van der Waals surface area (Å²) in [5.41, 5.74) is 2.44. The summed E-state index contributed by atoms with van der Waals surface area (Å²) in [4.78, 5) is 15.5. The number of para-hydroxylation sites is 1. The topological polar surface area (TPSA) is 85.3 Å². The zero-order valence-corrected chi connectivity index (χ0v) is 12.7. The Labute approximate surface area is 133 Å². The molecule has 1 atom stereocenters. The van der Waals surface area contributed by atoms with Crippen molar-refractivity contribution in [3.63, 3.8) is 0 Å². The first-order valence-corrected chi connectivity index (χ1v) is 7.42. The van der Waals surface area contributed by atoms with Crippen LogP contribution < -0.4 is 5.32 Å². The third-order valence-electron chi connectivity index (χ3n) is 3.87. The number of hydrogen-bond donors (Lipinski definition) is 4. The first-order valence-electron chi connectivity index (χ1n) is 7.42. The molecule has 0 fully saturated rings. The number of H-pyrrole nitrogens is 1. The molecule has 0 spiro atoms. The third-order valence-corrected chi connectivity index (χ3v) is 3.87. The van der Waals surface area contributed by atoms with Crippen molar-refractivity contribution in [2.45, 2.75) is 13.3 Å². The van der Waals surface area contributed by atoms with Crippen LogP contribution in [0.25, 0.3) is 10.9 Å². The largest absolute Gasteiger partial charge is 0.504 e. The van der Waals surface area contributed by atoms with Crippen molar-refractivity contribution in [2.24, 2.45) is 5.92 Å². The highest BCUT2D eigenvalue weighted by Crippen LogP contribution is 2.27. The van der Waals surface area contributed by atoms with Crippen LogP contribution in [-0.4, -0.2) is 21.1 Å². The third kappa shape index (κ3) is 3.13. The quantitative estimate of drug-likeness (QED) is 0.557. The standard InChI is InChI=1S/C18H18N2O3/c1-11(9-12-5-6-15(21)16(22)10-12)18(23)20-14-4-2-3-13-7-8-19-17(13)14/h2-8,10-11,19,21-22H,9H2,1H3,(H,20,23). The number of carbonyl (C=O) groups is 1. The molecule has 0 saturated heterocycles. The number of hydrogen-bond acceptors (Lipinski definition) is 3. The Balaban J connectivity index is 1.72. The molecule has 23 heavy (non-hydrogen) atoms. The van der Waals surface area contributed by atoms with Gasteiger partial charge in [0.15, 0.2) is 11.5 Å². The van der Waals surface area contributed by atoms with E-state index in [1.54, 1.807) is 6.07 Å². The number of aromatic hydroxyl groups is 2. The highest BCUT2D eigenvalue weighted by atomic mass is 16.3. The predicted molar refractivity (Wildman–Crippen MR) is 89.6 cm³/mol. The number of phenolic OH excluding ortho intramolecular Hbond substituents is 2. The Bertz CT molecular complexity index is 854. The summed E-state index contributed by atoms with van der Waals surface area (Å²) in [6, 6.07) is 12.3. The maximum absolute atomic E-state index is 12.4. The van der Waals surface area contributed by atoms with Gasteiger partial charge in [-0.1, -0.05) is 25.1 Å². The van der Waals surface area contributed by atoms with E-state index in [9.17, 15) is 15.0 Å². The molecule has 0 saturated carbocycles. The number of phenols is 2. The second kappa shape index (κ2) is 6.04. The lowest BCUT2D eigenvalue weighted by molar-refractivity contribution is -0.119. The van der Waals surface area contributed by atoms with Gasteiger partial charge in [-0.25, -0.2) is 0 Å². The molecule has 0 aliphatic rings. The predicted octanol–water partition coefficient (Wildman–Crippen LogP) is 3.40. The number of benzene rings is 2. The smallest absolute Gasteiger partial charge is 0.227 e. The van der Waals surface area contributed by atoms with Gasteiger partial charge in [0.1, 0.15) is 0 Å². The van der Waals surface area contributed by atoms with Crippen molar-refractivity contribution in [3.05, 3.63) is 54.2 Å². The van der Waals surface area contributed by atoms with Crippen LogP contribution in [0.3, 0.4) is 0 Å². The summed E-state index contributed by atoms with van der Waals surface area (Å²) in [5.74, 6) is -0.709. The van der Waals surface area contributed by atoms with Crippen molar-refractivity contribution in [2.75, 3.05) is 5.32 Å². The molecule has 1 heterocycles. The van der Waals surface area contributed by atoms with E-state index < -0.39 is 0 Å². The van der Waals surface area contributed by atoms with Crippen molar-refractivity contribution in [1.29, 1.82) is 0 Å². The summed E-state index contributed by atoms with van der Waals surface area (Å²) in [6.45, 7) is 1.83. The van der Waals surface area contributed by atoms with E-state index in [1.807, 2.05) is 37.4 Å². The van der Waals surface area contributed by atoms with Crippen molar-refractivity contribution < 1.29 is 15.0 Å². The summed E-state index contributed by atoms with van der Waals surface area (Å²) in [5, 5.41) is 22.8. The molecular weight excluding hydrogens is 292 g/mol. The van der Waals surface area contributed by atoms with Crippen LogP contribution in [0, 0.1) is 5.92 Å². The number of rotatable bonds is 4. The van der Waals surface area contributed by atoms with E-state index in [0.717, 1.165) is 22.2 Å². The average Bonchev–Trinajstić information content (AvgIpc) is 3.00. The second-order valence-electron chi connectivity index (χ2n) is 5.66. The van der Waals surface area contributed by atoms with Gasteiger partial charge in [-0.15, -0.1) is 0 Å². The number of aromatic amines is 1. The van der Waals surface area contributed by atoms with Gasteiger partial charge in [-0.3, -0.25) is 4.79 Å². The van der Waals surface area contributed by atoms with Gasteiger partial charge >= 0.3 is 0 Å². The molecule has 5 nitrogen and oxygen atoms in total. The van der Waals surface area contributed by atoms with Gasteiger partial charge in [-0.05, 0) is 36.2 Å². The highest BCUT2D eigenvalue weighted by molar-refractivity contribution is 6.01. The van der Waals surface area contributed by atoms with Crippen LogP contribution >= 0.6 is 0 Å². The first-order chi connectivity index (χ1) is 11.0. The van der Waals surface area contributed by atoms with E-state index in [4.69, 9.17) is 0 Å². The molecular formula is C18H18N2O3. The fourth-order valence-electron chi connectivity index (χ4n) is 2.59. The van der Waals surface area contributed by atoms with E-state index >= 15 is 0 Å². The van der Waals surface area contributed by atoms with Gasteiger partial charge < -0.3 is 20.5 Å². The van der Waals surface area contributed by atoms with Gasteiger partial charge in [-0.2, -0.15) is 0 Å². The van der Waals surface area contributed by atoms with Crippen molar-refractivity contribution in [1.82, 2.24) is 4.98 Å². The minimum absolute atomic E-state index is 0.0975. The molecule has 0 bridgehead atoms. The average molecular weight is 310 g/mol. The molecule has 1 aromatic heterocycles. The Kier molecular flexibility index (Phi) is 3.93.